The van der Waals surface area contributed by atoms with Gasteiger partial charge in [0.2, 0.25) is 5.91 Å². The van der Waals surface area contributed by atoms with Gasteiger partial charge in [0, 0.05) is 35.6 Å². The zero-order valence-electron chi connectivity index (χ0n) is 31.0. The van der Waals surface area contributed by atoms with Crippen LogP contribution in [-0.2, 0) is 11.2 Å². The van der Waals surface area contributed by atoms with E-state index in [1.165, 1.54) is 37.1 Å². The molecule has 1 amide bonds. The predicted octanol–water partition coefficient (Wildman–Crippen LogP) is 11.6. The summed E-state index contributed by atoms with van der Waals surface area (Å²) in [5, 5.41) is 3.08. The van der Waals surface area contributed by atoms with Gasteiger partial charge >= 0.3 is 0 Å². The van der Waals surface area contributed by atoms with E-state index in [1.54, 1.807) is 19.1 Å². The molecule has 1 aliphatic heterocycles. The van der Waals surface area contributed by atoms with Crippen molar-refractivity contribution in [3.63, 3.8) is 0 Å². The van der Waals surface area contributed by atoms with Gasteiger partial charge in [0.15, 0.2) is 0 Å². The fraction of sp³-hybridized carbons (Fsp3) is 0.488. The molecule has 4 atom stereocenters. The van der Waals surface area contributed by atoms with E-state index in [-0.39, 0.29) is 36.0 Å². The molecule has 2 aliphatic rings. The number of hydrogen-bond donors (Lipinski definition) is 1. The lowest BCUT2D eigenvalue weighted by Crippen LogP contribution is -2.43. The number of carbonyl (C=O) groups excluding carboxylic acids is 1. The van der Waals surface area contributed by atoms with E-state index in [0.29, 0.717) is 58.1 Å². The Morgan fingerprint density at radius 2 is 1.53 bits per heavy atom. The van der Waals surface area contributed by atoms with Crippen LogP contribution in [0.2, 0.25) is 0 Å². The van der Waals surface area contributed by atoms with Crippen molar-refractivity contribution >= 4 is 23.0 Å². The molecule has 2 unspecified atom stereocenters. The van der Waals surface area contributed by atoms with Gasteiger partial charge in [0.1, 0.15) is 23.3 Å². The van der Waals surface area contributed by atoms with Crippen molar-refractivity contribution in [2.75, 3.05) is 11.9 Å². The number of nitrogens with zero attached hydrogens (tertiary/aromatic N) is 2. The summed E-state index contributed by atoms with van der Waals surface area (Å²) >= 11 is 0. The summed E-state index contributed by atoms with van der Waals surface area (Å²) < 4.78 is 59.7. The van der Waals surface area contributed by atoms with Gasteiger partial charge in [-0.1, -0.05) is 39.3 Å². The van der Waals surface area contributed by atoms with Crippen molar-refractivity contribution in [1.82, 2.24) is 4.90 Å². The molecule has 3 aromatic carbocycles. The average molecular weight is 704 g/mol. The third-order valence-corrected chi connectivity index (χ3v) is 11.1. The van der Waals surface area contributed by atoms with Crippen molar-refractivity contribution in [1.29, 1.82) is 0 Å². The normalized spacial score (nSPS) is 18.6. The molecule has 1 heterocycles. The Morgan fingerprint density at radius 1 is 0.863 bits per heavy atom. The van der Waals surface area contributed by atoms with Crippen LogP contribution in [0.4, 0.5) is 28.9 Å². The number of benzene rings is 3. The highest BCUT2D eigenvalue weighted by molar-refractivity contribution is 5.94. The molecule has 8 heteroatoms. The third kappa shape index (κ3) is 9.30. The topological polar surface area (TPSA) is 44.7 Å². The number of aliphatic imine (C=N–C) groups is 1. The molecule has 51 heavy (non-hydrogen) atoms. The molecular weight excluding hydrogens is 650 g/mol. The van der Waals surface area contributed by atoms with E-state index in [1.807, 2.05) is 32.6 Å². The minimum Gasteiger partial charge on any atom is -0.359 e. The number of anilines is 1. The number of nitrogens with one attached hydrogen (secondary N) is 1. The number of rotatable bonds is 13. The van der Waals surface area contributed by atoms with Crippen molar-refractivity contribution in [2.24, 2.45) is 16.8 Å². The summed E-state index contributed by atoms with van der Waals surface area (Å²) in [5.41, 5.74) is 5.71. The highest BCUT2D eigenvalue weighted by Crippen LogP contribution is 2.38. The summed E-state index contributed by atoms with van der Waals surface area (Å²) in [6, 6.07) is 9.84. The van der Waals surface area contributed by atoms with Crippen LogP contribution in [0.5, 0.6) is 0 Å². The molecule has 1 N–H and O–H groups in total. The fourth-order valence-corrected chi connectivity index (χ4v) is 8.19. The Kier molecular flexibility index (Phi) is 12.5. The van der Waals surface area contributed by atoms with Crippen LogP contribution >= 0.6 is 0 Å². The van der Waals surface area contributed by atoms with Gasteiger partial charge in [-0.05, 0) is 149 Å². The maximum atomic E-state index is 15.7. The van der Waals surface area contributed by atoms with Gasteiger partial charge in [0.25, 0.3) is 0 Å². The molecule has 3 aromatic rings. The third-order valence-electron chi connectivity index (χ3n) is 11.1. The van der Waals surface area contributed by atoms with Crippen LogP contribution in [0.25, 0.3) is 0 Å². The summed E-state index contributed by atoms with van der Waals surface area (Å²) in [5.74, 6) is -2.13. The van der Waals surface area contributed by atoms with Crippen LogP contribution < -0.4 is 5.32 Å². The van der Waals surface area contributed by atoms with Crippen LogP contribution in [0.15, 0.2) is 59.7 Å². The SMILES string of the molecule is C=C(C)Nc1cc(F)c(C(CC[C@@H](C)c2cc(N=C(C)C3CCCN3C(=O)[C@@H](C)C3CCCC3)c(C)cc2F)Cc2cc(F)cc(F)c2)cc1C. The number of aryl methyl sites for hydroxylation is 2. The first-order valence-electron chi connectivity index (χ1n) is 18.5. The van der Waals surface area contributed by atoms with Crippen LogP contribution in [0, 0.1) is 49.0 Å². The highest BCUT2D eigenvalue weighted by atomic mass is 19.1. The van der Waals surface area contributed by atoms with Gasteiger partial charge in [-0.2, -0.15) is 0 Å². The molecule has 0 bridgehead atoms. The summed E-state index contributed by atoms with van der Waals surface area (Å²) in [7, 11) is 0. The quantitative estimate of drug-likeness (QED) is 0.142. The maximum Gasteiger partial charge on any atom is 0.226 e. The molecular formula is C43H53F4N3O. The lowest BCUT2D eigenvalue weighted by Gasteiger charge is -2.30. The lowest BCUT2D eigenvalue weighted by molar-refractivity contribution is -0.136. The molecule has 5 rings (SSSR count). The monoisotopic (exact) mass is 703 g/mol. The van der Waals surface area contributed by atoms with Crippen LogP contribution in [0.3, 0.4) is 0 Å². The minimum atomic E-state index is -0.687. The average Bonchev–Trinajstić information content (AvgIpc) is 3.78. The van der Waals surface area contributed by atoms with Gasteiger partial charge < -0.3 is 10.2 Å². The Labute approximate surface area is 301 Å². The Bertz CT molecular complexity index is 1760. The molecule has 1 saturated heterocycles. The highest BCUT2D eigenvalue weighted by Gasteiger charge is 2.36. The minimum absolute atomic E-state index is 0.00742. The van der Waals surface area contributed by atoms with E-state index < -0.39 is 23.4 Å². The van der Waals surface area contributed by atoms with Crippen molar-refractivity contribution in [3.05, 3.63) is 106 Å². The Morgan fingerprint density at radius 3 is 2.20 bits per heavy atom. The summed E-state index contributed by atoms with van der Waals surface area (Å²) in [6.07, 6.45) is 7.58. The van der Waals surface area contributed by atoms with E-state index >= 15 is 8.78 Å². The second-order valence-corrected chi connectivity index (χ2v) is 15.2. The number of halogens is 4. The molecule has 1 aliphatic carbocycles. The zero-order valence-corrected chi connectivity index (χ0v) is 31.0. The molecule has 274 valence electrons. The number of hydrogen-bond acceptors (Lipinski definition) is 3. The standard InChI is InChI=1S/C43H53F4N3O/c1-25(2)48-41-24-39(47)37(17-27(41)4)33(19-31-20-34(44)22-35(45)21-31)15-14-26(3)36-23-40(28(5)18-38(36)46)49-30(7)42-13-10-16-50(42)43(51)29(6)32-11-8-9-12-32/h17-18,20-24,26,29,32-33,42,48H,1,8-16,19H2,2-7H3/t26-,29+,33?,42?/m1/s1. The number of likely N-dealkylation sites (tertiary alicyclic amines) is 1. The van der Waals surface area contributed by atoms with Gasteiger partial charge in [0.05, 0.1) is 11.7 Å². The van der Waals surface area contributed by atoms with Gasteiger partial charge in [-0.25, -0.2) is 17.6 Å². The van der Waals surface area contributed by atoms with Crippen LogP contribution in [0.1, 0.15) is 119 Å². The van der Waals surface area contributed by atoms with Gasteiger partial charge in [-0.15, -0.1) is 0 Å². The first-order valence-corrected chi connectivity index (χ1v) is 18.5. The van der Waals surface area contributed by atoms with E-state index in [2.05, 4.69) is 18.8 Å². The largest absolute Gasteiger partial charge is 0.359 e. The fourth-order valence-electron chi connectivity index (χ4n) is 8.19. The van der Waals surface area contributed by atoms with Crippen molar-refractivity contribution in [3.8, 4) is 0 Å². The van der Waals surface area contributed by atoms with E-state index in [9.17, 15) is 13.6 Å². The lowest BCUT2D eigenvalue weighted by atomic mass is 9.83. The summed E-state index contributed by atoms with van der Waals surface area (Å²) in [6.45, 7) is 16.1. The molecule has 2 fully saturated rings. The second kappa shape index (κ2) is 16.6. The molecule has 4 nitrogen and oxygen atoms in total. The number of amides is 1. The maximum absolute atomic E-state index is 15.7. The zero-order chi connectivity index (χ0) is 37.0. The predicted molar refractivity (Wildman–Crippen MR) is 200 cm³/mol. The number of allylic oxidation sites excluding steroid dienone is 1. The summed E-state index contributed by atoms with van der Waals surface area (Å²) in [4.78, 5) is 20.6. The Balaban J connectivity index is 1.37. The molecule has 0 aromatic heterocycles. The first kappa shape index (κ1) is 38.3. The van der Waals surface area contributed by atoms with Gasteiger partial charge in [-0.3, -0.25) is 9.79 Å². The molecule has 0 spiro atoms. The van der Waals surface area contributed by atoms with E-state index in [4.69, 9.17) is 4.99 Å². The second-order valence-electron chi connectivity index (χ2n) is 15.2. The van der Waals surface area contributed by atoms with Crippen molar-refractivity contribution in [2.45, 2.75) is 117 Å². The molecule has 1 saturated carbocycles. The molecule has 0 radical (unpaired) electrons. The van der Waals surface area contributed by atoms with E-state index in [0.717, 1.165) is 49.6 Å². The smallest absolute Gasteiger partial charge is 0.226 e. The number of carbonyl (C=O) groups is 1. The first-order chi connectivity index (χ1) is 24.2. The van der Waals surface area contributed by atoms with Crippen LogP contribution in [-0.4, -0.2) is 29.1 Å². The van der Waals surface area contributed by atoms with Crippen molar-refractivity contribution < 1.29 is 22.4 Å². The Hall–Kier alpha value is -3.94.